The Morgan fingerprint density at radius 1 is 1.58 bits per heavy atom. The number of carbonyl (C=O) groups excluding carboxylic acids is 1. The van der Waals surface area contributed by atoms with Crippen LogP contribution in [0.1, 0.15) is 0 Å². The van der Waals surface area contributed by atoms with Crippen molar-refractivity contribution in [1.82, 2.24) is 0 Å². The quantitative estimate of drug-likeness (QED) is 0.680. The monoisotopic (exact) mass is 188 g/mol. The summed E-state index contributed by atoms with van der Waals surface area (Å²) in [5.74, 6) is 0.383. The summed E-state index contributed by atoms with van der Waals surface area (Å²) in [6.07, 6.45) is 0. The van der Waals surface area contributed by atoms with E-state index in [0.717, 1.165) is 0 Å². The number of ether oxygens (including phenoxy) is 1. The molecule has 4 heteroatoms. The fourth-order valence-corrected chi connectivity index (χ4v) is 0.877. The van der Waals surface area contributed by atoms with Crippen LogP contribution in [0.15, 0.2) is 24.3 Å². The van der Waals surface area contributed by atoms with Gasteiger partial charge >= 0.3 is 6.04 Å². The van der Waals surface area contributed by atoms with Gasteiger partial charge in [0.2, 0.25) is 0 Å². The van der Waals surface area contributed by atoms with E-state index >= 15 is 0 Å². The van der Waals surface area contributed by atoms with Crippen molar-refractivity contribution in [3.8, 4) is 5.75 Å². The molecular formula is C8H6ClFO2. The molecule has 1 rings (SSSR count). The minimum absolute atomic E-state index is 0.383. The molecule has 0 saturated carbocycles. The molecule has 0 bridgehead atoms. The van der Waals surface area contributed by atoms with Gasteiger partial charge in [0, 0.05) is 5.02 Å². The molecule has 0 aliphatic rings. The number of rotatable bonds is 3. The van der Waals surface area contributed by atoms with Crippen LogP contribution in [0.5, 0.6) is 5.75 Å². The second-order valence-electron chi connectivity index (χ2n) is 2.10. The Morgan fingerprint density at radius 3 is 2.92 bits per heavy atom. The van der Waals surface area contributed by atoms with Gasteiger partial charge < -0.3 is 4.74 Å². The number of carbonyl (C=O) groups is 1. The Kier molecular flexibility index (Phi) is 3.05. The molecule has 12 heavy (non-hydrogen) atoms. The molecule has 0 atom stereocenters. The fourth-order valence-electron chi connectivity index (χ4n) is 0.697. The van der Waals surface area contributed by atoms with Gasteiger partial charge in [-0.15, -0.1) is 0 Å². The minimum atomic E-state index is -1.50. The Labute approximate surface area is 73.9 Å². The lowest BCUT2D eigenvalue weighted by atomic mass is 10.3. The normalized spacial score (nSPS) is 9.50. The summed E-state index contributed by atoms with van der Waals surface area (Å²) < 4.78 is 16.4. The average molecular weight is 189 g/mol. The van der Waals surface area contributed by atoms with E-state index in [4.69, 9.17) is 16.3 Å². The first kappa shape index (κ1) is 9.00. The van der Waals surface area contributed by atoms with Gasteiger partial charge in [-0.3, -0.25) is 4.79 Å². The molecule has 0 unspecified atom stereocenters. The van der Waals surface area contributed by atoms with E-state index in [1.54, 1.807) is 18.2 Å². The van der Waals surface area contributed by atoms with E-state index in [1.807, 2.05) is 0 Å². The molecule has 0 heterocycles. The van der Waals surface area contributed by atoms with Crippen molar-refractivity contribution in [2.45, 2.75) is 0 Å². The topological polar surface area (TPSA) is 26.3 Å². The third-order valence-electron chi connectivity index (χ3n) is 1.15. The summed E-state index contributed by atoms with van der Waals surface area (Å²) in [7, 11) is 0. The van der Waals surface area contributed by atoms with Crippen molar-refractivity contribution in [2.75, 3.05) is 6.61 Å². The smallest absolute Gasteiger partial charge is 0.338 e. The second kappa shape index (κ2) is 4.07. The van der Waals surface area contributed by atoms with Crippen molar-refractivity contribution >= 4 is 17.6 Å². The summed E-state index contributed by atoms with van der Waals surface area (Å²) in [4.78, 5) is 9.88. The SMILES string of the molecule is O=C(F)COc1cccc(Cl)c1. The molecule has 2 nitrogen and oxygen atoms in total. The molecule has 0 fully saturated rings. The first-order valence-electron chi connectivity index (χ1n) is 3.25. The number of hydrogen-bond donors (Lipinski definition) is 0. The Morgan fingerprint density at radius 2 is 2.33 bits per heavy atom. The molecule has 0 radical (unpaired) electrons. The summed E-state index contributed by atoms with van der Waals surface area (Å²) in [6, 6.07) is 4.90. The number of hydrogen-bond acceptors (Lipinski definition) is 2. The second-order valence-corrected chi connectivity index (χ2v) is 2.54. The van der Waals surface area contributed by atoms with Gasteiger partial charge in [-0.2, -0.15) is 4.39 Å². The van der Waals surface area contributed by atoms with E-state index < -0.39 is 12.6 Å². The minimum Gasteiger partial charge on any atom is -0.483 e. The highest BCUT2D eigenvalue weighted by molar-refractivity contribution is 6.30. The third-order valence-corrected chi connectivity index (χ3v) is 1.38. The number of halogens is 2. The lowest BCUT2D eigenvalue weighted by Gasteiger charge is -2.01. The first-order chi connectivity index (χ1) is 5.68. The molecule has 1 aromatic carbocycles. The Balaban J connectivity index is 2.57. The van der Waals surface area contributed by atoms with Gasteiger partial charge in [-0.05, 0) is 18.2 Å². The van der Waals surface area contributed by atoms with Crippen LogP contribution in [0.3, 0.4) is 0 Å². The molecule has 0 aliphatic heterocycles. The molecule has 0 N–H and O–H groups in total. The standard InChI is InChI=1S/C8H6ClFO2/c9-6-2-1-3-7(4-6)12-5-8(10)11/h1-4H,5H2. The van der Waals surface area contributed by atoms with Crippen LogP contribution in [0.25, 0.3) is 0 Å². The van der Waals surface area contributed by atoms with Crippen LogP contribution >= 0.6 is 11.6 Å². The van der Waals surface area contributed by atoms with Crippen molar-refractivity contribution < 1.29 is 13.9 Å². The zero-order valence-electron chi connectivity index (χ0n) is 6.09. The predicted octanol–water partition coefficient (Wildman–Crippen LogP) is 2.21. The lowest BCUT2D eigenvalue weighted by Crippen LogP contribution is -2.04. The van der Waals surface area contributed by atoms with Gasteiger partial charge in [0.15, 0.2) is 6.61 Å². The Bertz CT molecular complexity index is 288. The maximum atomic E-state index is 11.7. The van der Waals surface area contributed by atoms with E-state index in [9.17, 15) is 9.18 Å². The third kappa shape index (κ3) is 2.88. The maximum Gasteiger partial charge on any atom is 0.338 e. The van der Waals surface area contributed by atoms with E-state index in [2.05, 4.69) is 0 Å². The van der Waals surface area contributed by atoms with Crippen LogP contribution in [-0.2, 0) is 4.79 Å². The van der Waals surface area contributed by atoms with Crippen LogP contribution in [0.4, 0.5) is 4.39 Å². The highest BCUT2D eigenvalue weighted by Gasteiger charge is 1.99. The molecule has 0 aromatic heterocycles. The molecule has 0 amide bonds. The molecule has 1 aromatic rings. The molecule has 0 aliphatic carbocycles. The van der Waals surface area contributed by atoms with Gasteiger partial charge in [0.1, 0.15) is 5.75 Å². The lowest BCUT2D eigenvalue weighted by molar-refractivity contribution is -0.131. The van der Waals surface area contributed by atoms with Gasteiger partial charge in [0.05, 0.1) is 0 Å². The molecule has 0 saturated heterocycles. The van der Waals surface area contributed by atoms with Crippen molar-refractivity contribution in [3.05, 3.63) is 29.3 Å². The molecule has 64 valence electrons. The van der Waals surface area contributed by atoms with Gasteiger partial charge in [-0.25, -0.2) is 0 Å². The van der Waals surface area contributed by atoms with Gasteiger partial charge in [0.25, 0.3) is 0 Å². The van der Waals surface area contributed by atoms with Crippen molar-refractivity contribution in [3.63, 3.8) is 0 Å². The van der Waals surface area contributed by atoms with Crippen LogP contribution in [-0.4, -0.2) is 12.6 Å². The Hall–Kier alpha value is -1.09. The van der Waals surface area contributed by atoms with Crippen LogP contribution < -0.4 is 4.74 Å². The highest BCUT2D eigenvalue weighted by Crippen LogP contribution is 2.16. The van der Waals surface area contributed by atoms with Crippen LogP contribution in [0, 0.1) is 0 Å². The van der Waals surface area contributed by atoms with Crippen molar-refractivity contribution in [1.29, 1.82) is 0 Å². The molecule has 0 spiro atoms. The van der Waals surface area contributed by atoms with Gasteiger partial charge in [-0.1, -0.05) is 17.7 Å². The summed E-state index contributed by atoms with van der Waals surface area (Å²) in [5.41, 5.74) is 0. The summed E-state index contributed by atoms with van der Waals surface area (Å²) in [5, 5.41) is 0.485. The molecular weight excluding hydrogens is 183 g/mol. The van der Waals surface area contributed by atoms with E-state index in [-0.39, 0.29) is 0 Å². The zero-order chi connectivity index (χ0) is 8.97. The van der Waals surface area contributed by atoms with E-state index in [0.29, 0.717) is 10.8 Å². The predicted molar refractivity (Wildman–Crippen MR) is 43.1 cm³/mol. The average Bonchev–Trinajstić information content (AvgIpc) is 2.01. The summed E-state index contributed by atoms with van der Waals surface area (Å²) >= 11 is 5.60. The number of benzene rings is 1. The first-order valence-corrected chi connectivity index (χ1v) is 3.63. The highest BCUT2D eigenvalue weighted by atomic mass is 35.5. The summed E-state index contributed by atoms with van der Waals surface area (Å²) in [6.45, 7) is -0.569. The van der Waals surface area contributed by atoms with Crippen molar-refractivity contribution in [2.24, 2.45) is 0 Å². The zero-order valence-corrected chi connectivity index (χ0v) is 6.84. The van der Waals surface area contributed by atoms with Crippen LogP contribution in [0.2, 0.25) is 5.02 Å². The fraction of sp³-hybridized carbons (Fsp3) is 0.125. The largest absolute Gasteiger partial charge is 0.483 e. The maximum absolute atomic E-state index is 11.7. The van der Waals surface area contributed by atoms with E-state index in [1.165, 1.54) is 6.07 Å².